The van der Waals surface area contributed by atoms with Crippen LogP contribution < -0.4 is 9.84 Å². The SMILES string of the molecule is CCCCC(N=C([O-])OCC1c2ccccc2-c2ccccc21)C(=O)c1cc(OCCc2ccccc2)ccc1C. The van der Waals surface area contributed by atoms with E-state index in [2.05, 4.69) is 48.3 Å². The number of hydrogen-bond donors (Lipinski definition) is 0. The fraction of sp³-hybridized carbons (Fsp3) is 0.278. The van der Waals surface area contributed by atoms with Gasteiger partial charge in [0.2, 0.25) is 0 Å². The van der Waals surface area contributed by atoms with Crippen LogP contribution in [0.25, 0.3) is 11.1 Å². The molecule has 0 N–H and O–H groups in total. The number of nitrogens with zero attached hydrogens (tertiary/aromatic N) is 1. The average Bonchev–Trinajstić information content (AvgIpc) is 3.33. The number of unbranched alkanes of at least 4 members (excludes halogenated alkanes) is 1. The predicted octanol–water partition coefficient (Wildman–Crippen LogP) is 6.90. The van der Waals surface area contributed by atoms with Gasteiger partial charge in [0.1, 0.15) is 17.9 Å². The molecule has 1 unspecified atom stereocenters. The molecule has 0 radical (unpaired) electrons. The highest BCUT2D eigenvalue weighted by molar-refractivity contribution is 6.02. The highest BCUT2D eigenvalue weighted by Gasteiger charge is 2.27. The van der Waals surface area contributed by atoms with Gasteiger partial charge in [0.15, 0.2) is 5.78 Å². The van der Waals surface area contributed by atoms with Crippen molar-refractivity contribution in [1.29, 1.82) is 0 Å². The molecule has 5 nitrogen and oxygen atoms in total. The Labute approximate surface area is 242 Å². The van der Waals surface area contributed by atoms with E-state index in [-0.39, 0.29) is 18.3 Å². The van der Waals surface area contributed by atoms with Gasteiger partial charge in [0, 0.05) is 24.5 Å². The number of benzene rings is 4. The molecule has 0 amide bonds. The maximum Gasteiger partial charge on any atom is 0.187 e. The van der Waals surface area contributed by atoms with Crippen LogP contribution in [0, 0.1) is 6.92 Å². The van der Waals surface area contributed by atoms with Crippen molar-refractivity contribution < 1.29 is 19.4 Å². The summed E-state index contributed by atoms with van der Waals surface area (Å²) in [7, 11) is 0. The molecule has 0 saturated heterocycles. The van der Waals surface area contributed by atoms with Crippen LogP contribution in [0.5, 0.6) is 5.75 Å². The van der Waals surface area contributed by atoms with E-state index >= 15 is 0 Å². The number of ketones is 1. The van der Waals surface area contributed by atoms with Crippen molar-refractivity contribution >= 4 is 11.9 Å². The van der Waals surface area contributed by atoms with Gasteiger partial charge in [-0.15, -0.1) is 0 Å². The lowest BCUT2D eigenvalue weighted by Crippen LogP contribution is -2.29. The van der Waals surface area contributed by atoms with Crippen molar-refractivity contribution in [2.24, 2.45) is 4.99 Å². The molecular formula is C36H36NO4-. The summed E-state index contributed by atoms with van der Waals surface area (Å²) in [6.45, 7) is 4.63. The molecule has 5 rings (SSSR count). The predicted molar refractivity (Wildman–Crippen MR) is 162 cm³/mol. The first-order chi connectivity index (χ1) is 20.0. The first kappa shape index (κ1) is 28.2. The van der Waals surface area contributed by atoms with Crippen LogP contribution in [-0.4, -0.2) is 31.1 Å². The van der Waals surface area contributed by atoms with Gasteiger partial charge < -0.3 is 14.6 Å². The molecule has 0 heterocycles. The molecule has 0 fully saturated rings. The molecule has 0 bridgehead atoms. The maximum atomic E-state index is 13.7. The Kier molecular flexibility index (Phi) is 9.15. The second kappa shape index (κ2) is 13.3. The summed E-state index contributed by atoms with van der Waals surface area (Å²) in [6.07, 6.45) is 2.23. The molecule has 4 aromatic carbocycles. The van der Waals surface area contributed by atoms with E-state index in [4.69, 9.17) is 9.47 Å². The summed E-state index contributed by atoms with van der Waals surface area (Å²) >= 11 is 0. The zero-order valence-electron chi connectivity index (χ0n) is 23.7. The van der Waals surface area contributed by atoms with Gasteiger partial charge >= 0.3 is 0 Å². The Morgan fingerprint density at radius 1 is 0.902 bits per heavy atom. The van der Waals surface area contributed by atoms with Crippen LogP contribution in [0.2, 0.25) is 0 Å². The minimum absolute atomic E-state index is 0.0571. The summed E-state index contributed by atoms with van der Waals surface area (Å²) in [6, 6.07) is 31.3. The van der Waals surface area contributed by atoms with E-state index in [0.29, 0.717) is 24.3 Å². The number of fused-ring (bicyclic) bond motifs is 3. The molecule has 1 atom stereocenters. The minimum Gasteiger partial charge on any atom is -0.599 e. The van der Waals surface area contributed by atoms with Gasteiger partial charge in [-0.25, -0.2) is 0 Å². The second-order valence-corrected chi connectivity index (χ2v) is 10.5. The number of carbonyl (C=O) groups is 1. The van der Waals surface area contributed by atoms with Crippen LogP contribution in [0.1, 0.15) is 64.7 Å². The summed E-state index contributed by atoms with van der Waals surface area (Å²) < 4.78 is 11.7. The lowest BCUT2D eigenvalue weighted by Gasteiger charge is -2.22. The molecule has 1 aliphatic rings. The zero-order valence-corrected chi connectivity index (χ0v) is 23.7. The third-order valence-electron chi connectivity index (χ3n) is 7.71. The van der Waals surface area contributed by atoms with E-state index in [0.717, 1.165) is 36.0 Å². The summed E-state index contributed by atoms with van der Waals surface area (Å²) in [5.74, 6) is 0.390. The molecular weight excluding hydrogens is 510 g/mol. The number of aliphatic imine (C=N–C) groups is 1. The molecule has 0 aromatic heterocycles. The van der Waals surface area contributed by atoms with Gasteiger partial charge in [0.05, 0.1) is 6.61 Å². The highest BCUT2D eigenvalue weighted by atomic mass is 16.6. The van der Waals surface area contributed by atoms with Gasteiger partial charge in [-0.3, -0.25) is 9.79 Å². The first-order valence-corrected chi connectivity index (χ1v) is 14.4. The van der Waals surface area contributed by atoms with Crippen molar-refractivity contribution in [3.63, 3.8) is 0 Å². The quantitative estimate of drug-likeness (QED) is 0.110. The fourth-order valence-electron chi connectivity index (χ4n) is 5.48. The second-order valence-electron chi connectivity index (χ2n) is 10.5. The highest BCUT2D eigenvalue weighted by Crippen LogP contribution is 2.44. The van der Waals surface area contributed by atoms with E-state index in [9.17, 15) is 9.90 Å². The third kappa shape index (κ3) is 6.68. The van der Waals surface area contributed by atoms with Gasteiger partial charge in [-0.2, -0.15) is 0 Å². The standard InChI is InChI=1S/C36H37NO4/c1-3-4-18-34(35(38)32-23-27(20-19-25(32)2)40-22-21-26-12-6-5-7-13-26)37-36(39)41-24-33-30-16-10-8-14-28(30)29-15-9-11-17-31(29)33/h5-17,19-20,23,33-34H,3-4,18,21-22,24H2,1-2H3,(H,37,39)/p-1. The molecule has 210 valence electrons. The first-order valence-electron chi connectivity index (χ1n) is 14.4. The minimum atomic E-state index is -0.802. The number of aryl methyl sites for hydroxylation is 1. The smallest absolute Gasteiger partial charge is 0.187 e. The van der Waals surface area contributed by atoms with Crippen LogP contribution in [0.4, 0.5) is 0 Å². The number of rotatable bonds is 12. The molecule has 0 saturated carbocycles. The monoisotopic (exact) mass is 546 g/mol. The lowest BCUT2D eigenvalue weighted by molar-refractivity contribution is -0.251. The molecule has 0 aliphatic heterocycles. The van der Waals surface area contributed by atoms with E-state index < -0.39 is 12.1 Å². The Hall–Kier alpha value is -4.38. The molecule has 41 heavy (non-hydrogen) atoms. The Morgan fingerprint density at radius 2 is 1.56 bits per heavy atom. The summed E-state index contributed by atoms with van der Waals surface area (Å²) in [5.41, 5.74) is 7.15. The molecule has 0 spiro atoms. The van der Waals surface area contributed by atoms with Gasteiger partial charge in [-0.05, 0) is 58.9 Å². The van der Waals surface area contributed by atoms with Crippen molar-refractivity contribution in [3.8, 4) is 16.9 Å². The third-order valence-corrected chi connectivity index (χ3v) is 7.71. The van der Waals surface area contributed by atoms with E-state index in [1.807, 2.05) is 61.5 Å². The van der Waals surface area contributed by atoms with Gasteiger partial charge in [0.25, 0.3) is 0 Å². The van der Waals surface area contributed by atoms with Crippen molar-refractivity contribution in [2.75, 3.05) is 13.2 Å². The Balaban J connectivity index is 1.29. The summed E-state index contributed by atoms with van der Waals surface area (Å²) in [4.78, 5) is 18.0. The normalized spacial score (nSPS) is 13.4. The zero-order chi connectivity index (χ0) is 28.6. The summed E-state index contributed by atoms with van der Waals surface area (Å²) in [5, 5.41) is 13.0. The van der Waals surface area contributed by atoms with Crippen LogP contribution in [-0.2, 0) is 11.2 Å². The number of carbonyl (C=O) groups excluding carboxylic acids is 1. The Bertz CT molecular complexity index is 1470. The largest absolute Gasteiger partial charge is 0.599 e. The van der Waals surface area contributed by atoms with Crippen molar-refractivity contribution in [1.82, 2.24) is 0 Å². The van der Waals surface area contributed by atoms with Gasteiger partial charge in [-0.1, -0.05) is 105 Å². The van der Waals surface area contributed by atoms with Crippen LogP contribution >= 0.6 is 0 Å². The van der Waals surface area contributed by atoms with E-state index in [1.165, 1.54) is 16.7 Å². The number of ether oxygens (including phenoxy) is 2. The Morgan fingerprint density at radius 3 is 2.24 bits per heavy atom. The van der Waals surface area contributed by atoms with Crippen molar-refractivity contribution in [2.45, 2.75) is 51.5 Å². The van der Waals surface area contributed by atoms with Crippen LogP contribution in [0.15, 0.2) is 102 Å². The van der Waals surface area contributed by atoms with E-state index in [1.54, 1.807) is 6.07 Å². The molecule has 4 aromatic rings. The average molecular weight is 547 g/mol. The number of Topliss-reactive ketones (excluding diaryl/α,β-unsaturated/α-hetero) is 1. The molecule has 5 heteroatoms. The lowest BCUT2D eigenvalue weighted by atomic mass is 9.96. The maximum absolute atomic E-state index is 13.7. The number of hydrogen-bond acceptors (Lipinski definition) is 5. The molecule has 1 aliphatic carbocycles. The fourth-order valence-corrected chi connectivity index (χ4v) is 5.48. The topological polar surface area (TPSA) is 71.0 Å². The van der Waals surface area contributed by atoms with Crippen LogP contribution in [0.3, 0.4) is 0 Å². The van der Waals surface area contributed by atoms with Crippen molar-refractivity contribution in [3.05, 3.63) is 125 Å².